The van der Waals surface area contributed by atoms with E-state index in [-0.39, 0.29) is 29.9 Å². The summed E-state index contributed by atoms with van der Waals surface area (Å²) in [6, 6.07) is 5.97. The van der Waals surface area contributed by atoms with E-state index < -0.39 is 21.3 Å². The van der Waals surface area contributed by atoms with Crippen LogP contribution >= 0.6 is 12.4 Å². The lowest BCUT2D eigenvalue weighted by atomic mass is 10.1. The van der Waals surface area contributed by atoms with Crippen molar-refractivity contribution in [2.75, 3.05) is 19.6 Å². The van der Waals surface area contributed by atoms with Crippen LogP contribution in [0.4, 0.5) is 8.78 Å². The lowest BCUT2D eigenvalue weighted by Crippen LogP contribution is -2.51. The van der Waals surface area contributed by atoms with Crippen LogP contribution in [0.2, 0.25) is 0 Å². The first-order chi connectivity index (χ1) is 10.3. The number of amides is 1. The summed E-state index contributed by atoms with van der Waals surface area (Å²) in [6.45, 7) is 3.90. The molecular weight excluding hydrogens is 350 g/mol. The topological polar surface area (TPSA) is 66.5 Å². The average Bonchev–Trinajstić information content (AvgIpc) is 2.47. The van der Waals surface area contributed by atoms with Gasteiger partial charge in [0.1, 0.15) is 0 Å². The monoisotopic (exact) mass is 368 g/mol. The molecule has 1 aromatic rings. The molecule has 0 radical (unpaired) electrons. The van der Waals surface area contributed by atoms with Crippen molar-refractivity contribution >= 4 is 28.2 Å². The number of hydrogen-bond donors (Lipinski definition) is 1. The Morgan fingerprint density at radius 1 is 1.35 bits per heavy atom. The number of piperazine rings is 1. The zero-order valence-corrected chi connectivity index (χ0v) is 14.2. The predicted octanol–water partition coefficient (Wildman–Crippen LogP) is 1.68. The van der Waals surface area contributed by atoms with Crippen molar-refractivity contribution in [1.82, 2.24) is 10.2 Å². The van der Waals surface area contributed by atoms with Gasteiger partial charge in [0.15, 0.2) is 0 Å². The number of rotatable bonds is 4. The first-order valence-corrected chi connectivity index (χ1v) is 8.62. The fourth-order valence-corrected chi connectivity index (χ4v) is 3.12. The van der Waals surface area contributed by atoms with Crippen LogP contribution in [0.5, 0.6) is 0 Å². The molecule has 1 unspecified atom stereocenters. The minimum Gasteiger partial charge on any atom is -0.336 e. The Morgan fingerprint density at radius 2 is 1.96 bits per heavy atom. The molecule has 1 N–H and O–H groups in total. The van der Waals surface area contributed by atoms with Crippen molar-refractivity contribution in [2.24, 2.45) is 0 Å². The summed E-state index contributed by atoms with van der Waals surface area (Å²) in [4.78, 5) is 14.0. The number of nitrogens with one attached hydrogen (secondary N) is 1. The van der Waals surface area contributed by atoms with Crippen molar-refractivity contribution in [3.63, 3.8) is 0 Å². The van der Waals surface area contributed by atoms with Gasteiger partial charge in [0.2, 0.25) is 9.84 Å². The van der Waals surface area contributed by atoms with Crippen LogP contribution < -0.4 is 5.32 Å². The third-order valence-electron chi connectivity index (χ3n) is 3.50. The van der Waals surface area contributed by atoms with E-state index in [1.807, 2.05) is 6.92 Å². The molecule has 0 spiro atoms. The SMILES string of the molecule is CC1CN(C(=O)c2ccc(CS(=O)(=O)C(F)F)cc2)CCN1.Cl. The van der Waals surface area contributed by atoms with Crippen molar-refractivity contribution in [1.29, 1.82) is 0 Å². The van der Waals surface area contributed by atoms with E-state index in [0.29, 0.717) is 18.7 Å². The number of carbonyl (C=O) groups is 1. The van der Waals surface area contributed by atoms with Gasteiger partial charge in [-0.05, 0) is 24.6 Å². The highest BCUT2D eigenvalue weighted by Crippen LogP contribution is 2.15. The standard InChI is InChI=1S/C14H18F2N2O3S.ClH/c1-10-8-18(7-6-17-10)13(19)12-4-2-11(3-5-12)9-22(20,21)14(15)16;/h2-5,10,14,17H,6-9H2,1H3;1H. The van der Waals surface area contributed by atoms with Crippen molar-refractivity contribution in [2.45, 2.75) is 24.5 Å². The zero-order chi connectivity index (χ0) is 16.3. The van der Waals surface area contributed by atoms with Crippen LogP contribution in [0.25, 0.3) is 0 Å². The highest BCUT2D eigenvalue weighted by atomic mass is 35.5. The van der Waals surface area contributed by atoms with E-state index in [9.17, 15) is 22.0 Å². The Bertz CT molecular complexity index is 638. The molecule has 1 amide bonds. The summed E-state index contributed by atoms with van der Waals surface area (Å²) in [7, 11) is -4.45. The highest BCUT2D eigenvalue weighted by molar-refractivity contribution is 7.90. The lowest BCUT2D eigenvalue weighted by molar-refractivity contribution is 0.0709. The molecule has 130 valence electrons. The molecule has 9 heteroatoms. The largest absolute Gasteiger partial charge is 0.337 e. The maximum atomic E-state index is 12.3. The molecular formula is C14H19ClF2N2O3S. The molecule has 0 bridgehead atoms. The molecule has 1 aromatic carbocycles. The number of hydrogen-bond acceptors (Lipinski definition) is 4. The van der Waals surface area contributed by atoms with E-state index in [0.717, 1.165) is 6.54 Å². The molecule has 2 rings (SSSR count). The molecule has 0 saturated carbocycles. The molecule has 1 heterocycles. The van der Waals surface area contributed by atoms with Crippen LogP contribution in [0, 0.1) is 0 Å². The Morgan fingerprint density at radius 3 is 2.48 bits per heavy atom. The van der Waals surface area contributed by atoms with Crippen molar-refractivity contribution < 1.29 is 22.0 Å². The molecule has 23 heavy (non-hydrogen) atoms. The summed E-state index contributed by atoms with van der Waals surface area (Å²) >= 11 is 0. The average molecular weight is 369 g/mol. The smallest absolute Gasteiger partial charge is 0.336 e. The van der Waals surface area contributed by atoms with Crippen LogP contribution in [0.15, 0.2) is 24.3 Å². The molecule has 1 aliphatic rings. The van der Waals surface area contributed by atoms with E-state index in [1.165, 1.54) is 24.3 Å². The number of sulfone groups is 1. The second kappa shape index (κ2) is 8.03. The van der Waals surface area contributed by atoms with Gasteiger partial charge in [-0.2, -0.15) is 8.78 Å². The van der Waals surface area contributed by atoms with Gasteiger partial charge in [-0.3, -0.25) is 4.79 Å². The second-order valence-corrected chi connectivity index (χ2v) is 7.34. The molecule has 1 atom stereocenters. The van der Waals surface area contributed by atoms with E-state index in [2.05, 4.69) is 5.32 Å². The van der Waals surface area contributed by atoms with Gasteiger partial charge in [0.05, 0.1) is 5.75 Å². The minimum absolute atomic E-state index is 0. The fraction of sp³-hybridized carbons (Fsp3) is 0.500. The minimum atomic E-state index is -4.45. The van der Waals surface area contributed by atoms with Crippen molar-refractivity contribution in [3.8, 4) is 0 Å². The third-order valence-corrected chi connectivity index (χ3v) is 4.77. The third kappa shape index (κ3) is 5.12. The van der Waals surface area contributed by atoms with Crippen LogP contribution in [-0.2, 0) is 15.6 Å². The normalized spacial score (nSPS) is 18.6. The van der Waals surface area contributed by atoms with Gasteiger partial charge in [0.25, 0.3) is 5.91 Å². The summed E-state index contributed by atoms with van der Waals surface area (Å²) in [6.07, 6.45) is 0. The van der Waals surface area contributed by atoms with Gasteiger partial charge in [0, 0.05) is 31.2 Å². The van der Waals surface area contributed by atoms with Gasteiger partial charge < -0.3 is 10.2 Å². The molecule has 1 saturated heterocycles. The summed E-state index contributed by atoms with van der Waals surface area (Å²) in [5.41, 5.74) is 0.665. The summed E-state index contributed by atoms with van der Waals surface area (Å²) < 4.78 is 47.0. The molecule has 1 fully saturated rings. The Balaban J connectivity index is 0.00000264. The van der Waals surface area contributed by atoms with Crippen LogP contribution in [-0.4, -0.2) is 50.7 Å². The predicted molar refractivity (Wildman–Crippen MR) is 85.7 cm³/mol. The van der Waals surface area contributed by atoms with Gasteiger partial charge in [-0.25, -0.2) is 8.42 Å². The molecule has 1 aliphatic heterocycles. The first kappa shape index (κ1) is 19.8. The molecule has 5 nitrogen and oxygen atoms in total. The Kier molecular flexibility index (Phi) is 6.91. The van der Waals surface area contributed by atoms with Gasteiger partial charge >= 0.3 is 5.76 Å². The van der Waals surface area contributed by atoms with E-state index in [1.54, 1.807) is 4.90 Å². The summed E-state index contributed by atoms with van der Waals surface area (Å²) in [5.74, 6) is -4.27. The number of carbonyl (C=O) groups excluding carboxylic acids is 1. The van der Waals surface area contributed by atoms with Crippen LogP contribution in [0.3, 0.4) is 0 Å². The number of halogens is 3. The maximum absolute atomic E-state index is 12.3. The van der Waals surface area contributed by atoms with Crippen molar-refractivity contribution in [3.05, 3.63) is 35.4 Å². The lowest BCUT2D eigenvalue weighted by Gasteiger charge is -2.32. The number of nitrogens with zero attached hydrogens (tertiary/aromatic N) is 1. The second-order valence-electron chi connectivity index (χ2n) is 5.37. The Hall–Kier alpha value is -1.25. The molecule has 0 aliphatic carbocycles. The highest BCUT2D eigenvalue weighted by Gasteiger charge is 2.25. The van der Waals surface area contributed by atoms with Gasteiger partial charge in [-0.15, -0.1) is 12.4 Å². The zero-order valence-electron chi connectivity index (χ0n) is 12.5. The first-order valence-electron chi connectivity index (χ1n) is 6.91. The van der Waals surface area contributed by atoms with E-state index in [4.69, 9.17) is 0 Å². The summed E-state index contributed by atoms with van der Waals surface area (Å²) in [5, 5.41) is 3.23. The number of benzene rings is 1. The fourth-order valence-electron chi connectivity index (χ4n) is 2.34. The Labute approximate surface area is 140 Å². The van der Waals surface area contributed by atoms with Crippen LogP contribution in [0.1, 0.15) is 22.8 Å². The maximum Gasteiger partial charge on any atom is 0.337 e. The quantitative estimate of drug-likeness (QED) is 0.878. The molecule has 0 aromatic heterocycles. The van der Waals surface area contributed by atoms with E-state index >= 15 is 0 Å². The van der Waals surface area contributed by atoms with Gasteiger partial charge in [-0.1, -0.05) is 12.1 Å². The number of alkyl halides is 2.